The third-order valence-electron chi connectivity index (χ3n) is 4.53. The average molecular weight is 264 g/mol. The molecule has 3 rings (SSSR count). The monoisotopic (exact) mass is 264 g/mol. The van der Waals surface area contributed by atoms with Crippen LogP contribution < -0.4 is 0 Å². The predicted octanol–water partition coefficient (Wildman–Crippen LogP) is 2.22. The molecule has 0 spiro atoms. The maximum atomic E-state index is 12.9. The van der Waals surface area contributed by atoms with Gasteiger partial charge in [-0.3, -0.25) is 14.7 Å². The molecule has 0 amide bonds. The zero-order valence-corrected chi connectivity index (χ0v) is 10.8. The average Bonchev–Trinajstić information content (AvgIpc) is 2.96. The predicted molar refractivity (Wildman–Crippen MR) is 67.0 cm³/mol. The summed E-state index contributed by atoms with van der Waals surface area (Å²) in [5.74, 6) is -1.30. The van der Waals surface area contributed by atoms with Crippen molar-refractivity contribution in [2.45, 2.75) is 44.3 Å². The summed E-state index contributed by atoms with van der Waals surface area (Å²) in [6, 6.07) is 3.57. The van der Waals surface area contributed by atoms with E-state index >= 15 is 0 Å². The quantitative estimate of drug-likeness (QED) is 0.909. The summed E-state index contributed by atoms with van der Waals surface area (Å²) in [5.41, 5.74) is 0.810. The van der Waals surface area contributed by atoms with Gasteiger partial charge in [-0.1, -0.05) is 0 Å². The Morgan fingerprint density at radius 3 is 2.89 bits per heavy atom. The Labute approximate surface area is 111 Å². The molecule has 1 aromatic rings. The van der Waals surface area contributed by atoms with E-state index in [2.05, 4.69) is 9.88 Å². The molecule has 0 radical (unpaired) electrons. The van der Waals surface area contributed by atoms with Crippen LogP contribution in [-0.4, -0.2) is 33.0 Å². The fraction of sp³-hybridized carbons (Fsp3) is 0.571. The first kappa shape index (κ1) is 12.5. The minimum atomic E-state index is -0.698. The van der Waals surface area contributed by atoms with Crippen LogP contribution >= 0.6 is 0 Å². The number of pyridine rings is 1. The number of halogens is 1. The van der Waals surface area contributed by atoms with E-state index in [1.54, 1.807) is 6.07 Å². The van der Waals surface area contributed by atoms with Crippen molar-refractivity contribution in [1.82, 2.24) is 9.88 Å². The van der Waals surface area contributed by atoms with Crippen LogP contribution in [0.5, 0.6) is 0 Å². The molecule has 2 fully saturated rings. The highest BCUT2D eigenvalue weighted by atomic mass is 19.1. The number of carboxylic acids is 1. The fourth-order valence-corrected chi connectivity index (χ4v) is 3.69. The van der Waals surface area contributed by atoms with Gasteiger partial charge in [-0.2, -0.15) is 0 Å². The molecular weight excluding hydrogens is 247 g/mol. The Balaban J connectivity index is 1.83. The Bertz CT molecular complexity index is 491. The van der Waals surface area contributed by atoms with E-state index < -0.39 is 5.97 Å². The topological polar surface area (TPSA) is 53.4 Å². The van der Waals surface area contributed by atoms with Crippen LogP contribution in [-0.2, 0) is 4.79 Å². The van der Waals surface area contributed by atoms with E-state index in [1.165, 1.54) is 12.3 Å². The van der Waals surface area contributed by atoms with Gasteiger partial charge in [0.05, 0.1) is 17.8 Å². The highest BCUT2D eigenvalue weighted by Gasteiger charge is 2.51. The number of hydrogen-bond donors (Lipinski definition) is 1. The molecule has 2 bridgehead atoms. The first-order valence-electron chi connectivity index (χ1n) is 6.69. The lowest BCUT2D eigenvalue weighted by atomic mass is 9.89. The molecule has 5 heteroatoms. The van der Waals surface area contributed by atoms with Crippen LogP contribution in [0.3, 0.4) is 0 Å². The summed E-state index contributed by atoms with van der Waals surface area (Å²) in [6.45, 7) is 2.02. The molecular formula is C14H17FN2O2. The highest BCUT2D eigenvalue weighted by molar-refractivity contribution is 5.71. The Morgan fingerprint density at radius 1 is 1.53 bits per heavy atom. The van der Waals surface area contributed by atoms with Crippen LogP contribution in [0.2, 0.25) is 0 Å². The van der Waals surface area contributed by atoms with Crippen molar-refractivity contribution in [3.8, 4) is 0 Å². The zero-order valence-electron chi connectivity index (χ0n) is 10.8. The van der Waals surface area contributed by atoms with Gasteiger partial charge >= 0.3 is 5.97 Å². The Kier molecular flexibility index (Phi) is 3.01. The third-order valence-corrected chi connectivity index (χ3v) is 4.53. The van der Waals surface area contributed by atoms with Crippen LogP contribution in [0.15, 0.2) is 18.3 Å². The van der Waals surface area contributed by atoms with E-state index in [0.29, 0.717) is 6.04 Å². The van der Waals surface area contributed by atoms with Gasteiger partial charge in [0, 0.05) is 18.1 Å². The van der Waals surface area contributed by atoms with Crippen LogP contribution in [0.1, 0.15) is 37.9 Å². The van der Waals surface area contributed by atoms with E-state index in [-0.39, 0.29) is 23.8 Å². The second-order valence-electron chi connectivity index (χ2n) is 5.50. The Hall–Kier alpha value is -1.49. The van der Waals surface area contributed by atoms with Crippen molar-refractivity contribution >= 4 is 5.97 Å². The van der Waals surface area contributed by atoms with Gasteiger partial charge in [-0.05, 0) is 38.3 Å². The van der Waals surface area contributed by atoms with Crippen LogP contribution in [0.4, 0.5) is 4.39 Å². The minimum absolute atomic E-state index is 0.0439. The molecule has 1 N–H and O–H groups in total. The van der Waals surface area contributed by atoms with E-state index in [4.69, 9.17) is 0 Å². The number of aliphatic carboxylic acids is 1. The molecule has 1 aromatic heterocycles. The maximum Gasteiger partial charge on any atom is 0.308 e. The molecule has 0 saturated carbocycles. The van der Waals surface area contributed by atoms with Gasteiger partial charge in [0.2, 0.25) is 0 Å². The summed E-state index contributed by atoms with van der Waals surface area (Å²) in [5, 5.41) is 9.25. The molecule has 0 aromatic carbocycles. The lowest BCUT2D eigenvalue weighted by Crippen LogP contribution is -2.35. The lowest BCUT2D eigenvalue weighted by Gasteiger charge is -2.29. The summed E-state index contributed by atoms with van der Waals surface area (Å²) >= 11 is 0. The van der Waals surface area contributed by atoms with Crippen LogP contribution in [0, 0.1) is 11.7 Å². The number of nitrogens with zero attached hydrogens (tertiary/aromatic N) is 2. The summed E-state index contributed by atoms with van der Waals surface area (Å²) in [4.78, 5) is 17.6. The third kappa shape index (κ3) is 2.02. The SMILES string of the molecule is CC(c1ccc(F)cn1)N1C2CCC1C(C(=O)O)C2. The van der Waals surface area contributed by atoms with Crippen molar-refractivity contribution in [3.63, 3.8) is 0 Å². The molecule has 2 saturated heterocycles. The van der Waals surface area contributed by atoms with Crippen LogP contribution in [0.25, 0.3) is 0 Å². The van der Waals surface area contributed by atoms with E-state index in [9.17, 15) is 14.3 Å². The molecule has 4 nitrogen and oxygen atoms in total. The number of fused-ring (bicyclic) bond motifs is 2. The molecule has 3 heterocycles. The second-order valence-corrected chi connectivity index (χ2v) is 5.50. The number of aromatic nitrogens is 1. The molecule has 102 valence electrons. The minimum Gasteiger partial charge on any atom is -0.481 e. The second kappa shape index (κ2) is 4.56. The van der Waals surface area contributed by atoms with Crippen molar-refractivity contribution in [2.75, 3.05) is 0 Å². The van der Waals surface area contributed by atoms with Gasteiger partial charge in [-0.15, -0.1) is 0 Å². The summed E-state index contributed by atoms with van der Waals surface area (Å²) in [6.07, 6.45) is 3.94. The molecule has 0 aliphatic carbocycles. The smallest absolute Gasteiger partial charge is 0.308 e. The highest BCUT2D eigenvalue weighted by Crippen LogP contribution is 2.46. The maximum absolute atomic E-state index is 12.9. The fourth-order valence-electron chi connectivity index (χ4n) is 3.69. The van der Waals surface area contributed by atoms with E-state index in [1.807, 2.05) is 6.92 Å². The van der Waals surface area contributed by atoms with Crippen molar-refractivity contribution < 1.29 is 14.3 Å². The summed E-state index contributed by atoms with van der Waals surface area (Å²) in [7, 11) is 0. The van der Waals surface area contributed by atoms with E-state index in [0.717, 1.165) is 25.0 Å². The first-order chi connectivity index (χ1) is 9.08. The lowest BCUT2D eigenvalue weighted by molar-refractivity contribution is -0.142. The van der Waals surface area contributed by atoms with Crippen molar-refractivity contribution in [1.29, 1.82) is 0 Å². The largest absolute Gasteiger partial charge is 0.481 e. The molecule has 4 unspecified atom stereocenters. The van der Waals surface area contributed by atoms with Gasteiger partial charge < -0.3 is 5.11 Å². The molecule has 4 atom stereocenters. The summed E-state index contributed by atoms with van der Waals surface area (Å²) < 4.78 is 12.9. The number of rotatable bonds is 3. The van der Waals surface area contributed by atoms with Gasteiger partial charge in [0.25, 0.3) is 0 Å². The Morgan fingerprint density at radius 2 is 2.32 bits per heavy atom. The molecule has 19 heavy (non-hydrogen) atoms. The standard InChI is InChI=1S/C14H17FN2O2/c1-8(12-4-2-9(15)7-16-12)17-10-3-5-13(17)11(6-10)14(18)19/h2,4,7-8,10-11,13H,3,5-6H2,1H3,(H,18,19). The van der Waals surface area contributed by atoms with Gasteiger partial charge in [0.15, 0.2) is 0 Å². The number of carboxylic acid groups (broad SMARTS) is 1. The first-order valence-corrected chi connectivity index (χ1v) is 6.69. The normalized spacial score (nSPS) is 31.6. The van der Waals surface area contributed by atoms with Gasteiger partial charge in [0.1, 0.15) is 5.82 Å². The molecule has 2 aliphatic rings. The van der Waals surface area contributed by atoms with Crippen molar-refractivity contribution in [3.05, 3.63) is 29.8 Å². The zero-order chi connectivity index (χ0) is 13.6. The molecule has 2 aliphatic heterocycles. The number of hydrogen-bond acceptors (Lipinski definition) is 3. The number of carbonyl (C=O) groups is 1. The van der Waals surface area contributed by atoms with Gasteiger partial charge in [-0.25, -0.2) is 4.39 Å². The van der Waals surface area contributed by atoms with Crippen molar-refractivity contribution in [2.24, 2.45) is 5.92 Å².